The van der Waals surface area contributed by atoms with Crippen molar-refractivity contribution in [3.63, 3.8) is 0 Å². The van der Waals surface area contributed by atoms with Crippen molar-refractivity contribution in [2.45, 2.75) is 26.9 Å². The van der Waals surface area contributed by atoms with Gasteiger partial charge in [0.05, 0.1) is 36.5 Å². The lowest BCUT2D eigenvalue weighted by molar-refractivity contribution is -0.150. The highest BCUT2D eigenvalue weighted by atomic mass is 35.5. The molecule has 1 amide bonds. The summed E-state index contributed by atoms with van der Waals surface area (Å²) in [7, 11) is 1.21. The fourth-order valence-corrected chi connectivity index (χ4v) is 3.32. The number of esters is 2. The Bertz CT molecular complexity index is 978. The molecular formula is C20H22ClN3O7S. The van der Waals surface area contributed by atoms with E-state index in [0.717, 1.165) is 17.8 Å². The predicted molar refractivity (Wildman–Crippen MR) is 120 cm³/mol. The predicted octanol–water partition coefficient (Wildman–Crippen LogP) is 2.68. The van der Waals surface area contributed by atoms with E-state index < -0.39 is 23.9 Å². The van der Waals surface area contributed by atoms with Crippen molar-refractivity contribution >= 4 is 52.6 Å². The number of amidine groups is 1. The molecule has 172 valence electrons. The number of benzene rings is 1. The van der Waals surface area contributed by atoms with Crippen LogP contribution in [-0.4, -0.2) is 55.7 Å². The normalized spacial score (nSPS) is 16.8. The van der Waals surface area contributed by atoms with Crippen LogP contribution in [0.3, 0.4) is 0 Å². The Hall–Kier alpha value is -3.05. The Balaban J connectivity index is 2.19. The molecule has 0 saturated carbocycles. The summed E-state index contributed by atoms with van der Waals surface area (Å²) in [5.41, 5.74) is 0.540. The molecule has 1 aliphatic rings. The zero-order chi connectivity index (χ0) is 23.7. The number of amides is 1. The molecule has 1 aliphatic heterocycles. The first-order chi connectivity index (χ1) is 15.3. The third-order valence-corrected chi connectivity index (χ3v) is 4.88. The lowest BCUT2D eigenvalue weighted by Crippen LogP contribution is -2.26. The highest BCUT2D eigenvalue weighted by Gasteiger charge is 2.25. The summed E-state index contributed by atoms with van der Waals surface area (Å²) >= 11 is 7.28. The number of hydrogen-bond donors (Lipinski definition) is 1. The van der Waals surface area contributed by atoms with Crippen LogP contribution < -0.4 is 14.8 Å². The maximum absolute atomic E-state index is 11.9. The Morgan fingerprint density at radius 3 is 2.69 bits per heavy atom. The van der Waals surface area contributed by atoms with Crippen LogP contribution in [0.4, 0.5) is 0 Å². The fourth-order valence-electron chi connectivity index (χ4n) is 2.31. The van der Waals surface area contributed by atoms with E-state index >= 15 is 0 Å². The van der Waals surface area contributed by atoms with Crippen LogP contribution >= 0.6 is 23.4 Å². The number of carbonyl (C=O) groups is 3. The Labute approximate surface area is 194 Å². The van der Waals surface area contributed by atoms with Crippen molar-refractivity contribution in [2.24, 2.45) is 10.2 Å². The number of thioether (sulfide) groups is 1. The van der Waals surface area contributed by atoms with Crippen molar-refractivity contribution in [2.75, 3.05) is 20.3 Å². The van der Waals surface area contributed by atoms with Crippen LogP contribution in [-0.2, 0) is 23.9 Å². The number of ether oxygens (including phenoxy) is 4. The smallest absolute Gasteiger partial charge is 0.347 e. The molecule has 1 fully saturated rings. The SMILES string of the molecule is CCOC(=O)C(C)Oc1c(Cl)cc(C=N/N=C2/NC(=O)/C(=C\C(=O)OC)S2)cc1OCC. The van der Waals surface area contributed by atoms with Gasteiger partial charge in [-0.15, -0.1) is 5.10 Å². The van der Waals surface area contributed by atoms with Gasteiger partial charge in [-0.25, -0.2) is 9.59 Å². The number of methoxy groups -OCH3 is 1. The van der Waals surface area contributed by atoms with Gasteiger partial charge in [-0.3, -0.25) is 10.1 Å². The summed E-state index contributed by atoms with van der Waals surface area (Å²) in [5.74, 6) is -1.13. The van der Waals surface area contributed by atoms with Crippen LogP contribution in [0.15, 0.2) is 33.3 Å². The van der Waals surface area contributed by atoms with Crippen molar-refractivity contribution in [1.82, 2.24) is 5.32 Å². The molecule has 10 nitrogen and oxygen atoms in total. The molecule has 32 heavy (non-hydrogen) atoms. The number of halogens is 1. The summed E-state index contributed by atoms with van der Waals surface area (Å²) in [4.78, 5) is 35.1. The zero-order valence-electron chi connectivity index (χ0n) is 17.8. The first kappa shape index (κ1) is 25.2. The van der Waals surface area contributed by atoms with Crippen molar-refractivity contribution in [1.29, 1.82) is 0 Å². The van der Waals surface area contributed by atoms with Gasteiger partial charge in [-0.2, -0.15) is 5.10 Å². The minimum absolute atomic E-state index is 0.143. The molecular weight excluding hydrogens is 462 g/mol. The van der Waals surface area contributed by atoms with Crippen molar-refractivity contribution in [3.8, 4) is 11.5 Å². The van der Waals surface area contributed by atoms with E-state index in [1.165, 1.54) is 13.3 Å². The number of carbonyl (C=O) groups excluding carboxylic acids is 3. The number of hydrogen-bond acceptors (Lipinski definition) is 10. The Morgan fingerprint density at radius 1 is 1.28 bits per heavy atom. The highest BCUT2D eigenvalue weighted by Crippen LogP contribution is 2.37. The first-order valence-corrected chi connectivity index (χ1v) is 10.7. The number of rotatable bonds is 9. The molecule has 1 unspecified atom stereocenters. The molecule has 1 aromatic rings. The number of nitrogens with zero attached hydrogens (tertiary/aromatic N) is 2. The van der Waals surface area contributed by atoms with Crippen LogP contribution in [0.25, 0.3) is 0 Å². The largest absolute Gasteiger partial charge is 0.490 e. The third-order valence-electron chi connectivity index (χ3n) is 3.70. The second-order valence-electron chi connectivity index (χ2n) is 6.01. The van der Waals surface area contributed by atoms with Crippen LogP contribution in [0, 0.1) is 0 Å². The Morgan fingerprint density at radius 2 is 2.03 bits per heavy atom. The molecule has 0 bridgehead atoms. The standard InChI is InChI=1S/C20H22ClN3O7S/c1-5-29-14-8-12(7-13(21)17(14)31-11(3)19(27)30-6-2)10-22-24-20-23-18(26)15(32-20)9-16(25)28-4/h7-11H,5-6H2,1-4H3,(H,23,24,26)/b15-9+,22-10?. The average Bonchev–Trinajstić information content (AvgIpc) is 3.09. The fraction of sp³-hybridized carbons (Fsp3) is 0.350. The molecule has 1 N–H and O–H groups in total. The van der Waals surface area contributed by atoms with Gasteiger partial charge in [0.25, 0.3) is 5.91 Å². The van der Waals surface area contributed by atoms with Gasteiger partial charge >= 0.3 is 11.9 Å². The summed E-state index contributed by atoms with van der Waals surface area (Å²) in [6.07, 6.45) is 1.58. The second-order valence-corrected chi connectivity index (χ2v) is 7.45. The summed E-state index contributed by atoms with van der Waals surface area (Å²) in [6.45, 7) is 5.60. The second kappa shape index (κ2) is 12.1. The maximum atomic E-state index is 11.9. The van der Waals surface area contributed by atoms with E-state index in [1.807, 2.05) is 0 Å². The molecule has 0 aromatic heterocycles. The van der Waals surface area contributed by atoms with Gasteiger partial charge in [0.2, 0.25) is 0 Å². The molecule has 0 spiro atoms. The third kappa shape index (κ3) is 6.99. The van der Waals surface area contributed by atoms with E-state index in [0.29, 0.717) is 17.9 Å². The summed E-state index contributed by atoms with van der Waals surface area (Å²) < 4.78 is 20.7. The van der Waals surface area contributed by atoms with E-state index in [4.69, 9.17) is 25.8 Å². The lowest BCUT2D eigenvalue weighted by Gasteiger charge is -2.18. The molecule has 12 heteroatoms. The number of nitrogens with one attached hydrogen (secondary N) is 1. The van der Waals surface area contributed by atoms with Gasteiger partial charge in [0.15, 0.2) is 22.8 Å². The van der Waals surface area contributed by atoms with Gasteiger partial charge in [-0.05, 0) is 44.7 Å². The highest BCUT2D eigenvalue weighted by molar-refractivity contribution is 8.18. The van der Waals surface area contributed by atoms with E-state index in [9.17, 15) is 14.4 Å². The maximum Gasteiger partial charge on any atom is 0.347 e. The molecule has 2 rings (SSSR count). The van der Waals surface area contributed by atoms with E-state index in [1.54, 1.807) is 32.9 Å². The van der Waals surface area contributed by atoms with Gasteiger partial charge in [-0.1, -0.05) is 11.6 Å². The van der Waals surface area contributed by atoms with E-state index in [2.05, 4.69) is 20.3 Å². The quantitative estimate of drug-likeness (QED) is 0.246. The van der Waals surface area contributed by atoms with Gasteiger partial charge < -0.3 is 18.9 Å². The van der Waals surface area contributed by atoms with Crippen LogP contribution in [0.5, 0.6) is 11.5 Å². The van der Waals surface area contributed by atoms with Gasteiger partial charge in [0.1, 0.15) is 0 Å². The lowest BCUT2D eigenvalue weighted by atomic mass is 10.2. The van der Waals surface area contributed by atoms with Crippen molar-refractivity contribution < 1.29 is 33.3 Å². The zero-order valence-corrected chi connectivity index (χ0v) is 19.4. The Kier molecular flexibility index (Phi) is 9.54. The first-order valence-electron chi connectivity index (χ1n) is 9.48. The summed E-state index contributed by atoms with van der Waals surface area (Å²) in [6, 6.07) is 3.18. The van der Waals surface area contributed by atoms with Gasteiger partial charge in [0, 0.05) is 11.6 Å². The van der Waals surface area contributed by atoms with Crippen LogP contribution in [0.2, 0.25) is 5.02 Å². The van der Waals surface area contributed by atoms with E-state index in [-0.39, 0.29) is 27.5 Å². The average molecular weight is 484 g/mol. The monoisotopic (exact) mass is 483 g/mol. The topological polar surface area (TPSA) is 125 Å². The summed E-state index contributed by atoms with van der Waals surface area (Å²) in [5, 5.41) is 10.7. The molecule has 0 aliphatic carbocycles. The molecule has 0 radical (unpaired) electrons. The molecule has 1 aromatic carbocycles. The molecule has 1 saturated heterocycles. The molecule has 1 heterocycles. The van der Waals surface area contributed by atoms with Crippen LogP contribution in [0.1, 0.15) is 26.3 Å². The molecule has 1 atom stereocenters. The minimum Gasteiger partial charge on any atom is -0.490 e. The minimum atomic E-state index is -0.882. The van der Waals surface area contributed by atoms with Crippen molar-refractivity contribution in [3.05, 3.63) is 33.7 Å².